The topological polar surface area (TPSA) is 47.6 Å². The second-order valence-electron chi connectivity index (χ2n) is 6.33. The van der Waals surface area contributed by atoms with Crippen LogP contribution in [0.15, 0.2) is 30.3 Å². The Balaban J connectivity index is 2.25. The van der Waals surface area contributed by atoms with E-state index in [1.54, 1.807) is 6.92 Å². The van der Waals surface area contributed by atoms with E-state index in [1.165, 1.54) is 11.1 Å². The molecule has 2 aromatic carbocycles. The average Bonchev–Trinajstić information content (AvgIpc) is 2.62. The summed E-state index contributed by atoms with van der Waals surface area (Å²) in [4.78, 5) is 11.8. The third-order valence-corrected chi connectivity index (χ3v) is 4.55. The summed E-state index contributed by atoms with van der Waals surface area (Å²) >= 11 is 0. The first kappa shape index (κ1) is 19.8. The SMILES string of the molecule is CCOC(=O)Nc1cccc(CC)c1COc1cc(C)c(CC)cc1C. The number of anilines is 1. The summed E-state index contributed by atoms with van der Waals surface area (Å²) in [6.07, 6.45) is 1.43. The largest absolute Gasteiger partial charge is 0.489 e. The maximum atomic E-state index is 11.8. The monoisotopic (exact) mass is 355 g/mol. The number of ether oxygens (including phenoxy) is 2. The third-order valence-electron chi connectivity index (χ3n) is 4.55. The van der Waals surface area contributed by atoms with E-state index < -0.39 is 6.09 Å². The first-order valence-electron chi connectivity index (χ1n) is 9.27. The van der Waals surface area contributed by atoms with Crippen LogP contribution in [0.4, 0.5) is 10.5 Å². The normalized spacial score (nSPS) is 10.5. The van der Waals surface area contributed by atoms with E-state index >= 15 is 0 Å². The summed E-state index contributed by atoms with van der Waals surface area (Å²) in [5.41, 5.74) is 6.58. The van der Waals surface area contributed by atoms with Crippen LogP contribution in [-0.4, -0.2) is 12.7 Å². The van der Waals surface area contributed by atoms with E-state index in [0.717, 1.165) is 41.0 Å². The third kappa shape index (κ3) is 4.78. The van der Waals surface area contributed by atoms with Crippen LogP contribution >= 0.6 is 0 Å². The summed E-state index contributed by atoms with van der Waals surface area (Å²) in [7, 11) is 0. The number of amides is 1. The Bertz CT molecular complexity index is 768. The summed E-state index contributed by atoms with van der Waals surface area (Å²) < 4.78 is 11.1. The molecule has 26 heavy (non-hydrogen) atoms. The van der Waals surface area contributed by atoms with Crippen molar-refractivity contribution in [1.29, 1.82) is 0 Å². The van der Waals surface area contributed by atoms with Crippen molar-refractivity contribution in [3.8, 4) is 5.75 Å². The van der Waals surface area contributed by atoms with E-state index in [4.69, 9.17) is 9.47 Å². The van der Waals surface area contributed by atoms with Crippen LogP contribution in [0.5, 0.6) is 5.75 Å². The Hall–Kier alpha value is -2.49. The lowest BCUT2D eigenvalue weighted by atomic mass is 10.0. The van der Waals surface area contributed by atoms with Gasteiger partial charge in [0, 0.05) is 5.56 Å². The Morgan fingerprint density at radius 1 is 1.00 bits per heavy atom. The highest BCUT2D eigenvalue weighted by Gasteiger charge is 2.13. The molecular formula is C22H29NO3. The van der Waals surface area contributed by atoms with Crippen molar-refractivity contribution in [2.24, 2.45) is 0 Å². The first-order chi connectivity index (χ1) is 12.5. The lowest BCUT2D eigenvalue weighted by Gasteiger charge is -2.17. The molecule has 4 heteroatoms. The molecule has 0 bridgehead atoms. The van der Waals surface area contributed by atoms with Crippen molar-refractivity contribution in [1.82, 2.24) is 0 Å². The molecule has 0 aliphatic heterocycles. The molecule has 2 rings (SSSR count). The number of carbonyl (C=O) groups is 1. The number of rotatable bonds is 7. The van der Waals surface area contributed by atoms with Gasteiger partial charge in [0.1, 0.15) is 12.4 Å². The molecule has 0 aliphatic rings. The molecule has 140 valence electrons. The molecule has 0 atom stereocenters. The second-order valence-corrected chi connectivity index (χ2v) is 6.33. The van der Waals surface area contributed by atoms with Crippen molar-refractivity contribution in [2.75, 3.05) is 11.9 Å². The standard InChI is InChI=1S/C22H29NO3/c1-6-17-10-9-11-20(23-22(24)25-8-3)19(17)14-26-21-13-15(4)18(7-2)12-16(21)5/h9-13H,6-8,14H2,1-5H3,(H,23,24). The fourth-order valence-electron chi connectivity index (χ4n) is 3.07. The van der Waals surface area contributed by atoms with Crippen LogP contribution in [-0.2, 0) is 24.2 Å². The minimum atomic E-state index is -0.443. The van der Waals surface area contributed by atoms with Gasteiger partial charge in [0.05, 0.1) is 12.3 Å². The summed E-state index contributed by atoms with van der Waals surface area (Å²) in [6.45, 7) is 11.0. The van der Waals surface area contributed by atoms with E-state index in [-0.39, 0.29) is 0 Å². The van der Waals surface area contributed by atoms with Crippen LogP contribution in [0.1, 0.15) is 48.6 Å². The smallest absolute Gasteiger partial charge is 0.411 e. The van der Waals surface area contributed by atoms with Gasteiger partial charge in [0.2, 0.25) is 0 Å². The van der Waals surface area contributed by atoms with Gasteiger partial charge in [-0.25, -0.2) is 4.79 Å². The molecule has 0 aliphatic carbocycles. The molecule has 0 unspecified atom stereocenters. The predicted molar refractivity (Wildman–Crippen MR) is 106 cm³/mol. The Kier molecular flexibility index (Phi) is 7.07. The lowest BCUT2D eigenvalue weighted by molar-refractivity contribution is 0.168. The molecule has 4 nitrogen and oxygen atoms in total. The maximum Gasteiger partial charge on any atom is 0.411 e. The molecule has 0 aromatic heterocycles. The Morgan fingerprint density at radius 3 is 2.38 bits per heavy atom. The van der Waals surface area contributed by atoms with Gasteiger partial charge in [-0.1, -0.05) is 32.0 Å². The quantitative estimate of drug-likeness (QED) is 0.706. The summed E-state index contributed by atoms with van der Waals surface area (Å²) in [5, 5.41) is 2.83. The average molecular weight is 355 g/mol. The van der Waals surface area contributed by atoms with Crippen molar-refractivity contribution < 1.29 is 14.3 Å². The van der Waals surface area contributed by atoms with Gasteiger partial charge in [-0.05, 0) is 68.0 Å². The van der Waals surface area contributed by atoms with Gasteiger partial charge >= 0.3 is 6.09 Å². The van der Waals surface area contributed by atoms with Crippen LogP contribution in [0.2, 0.25) is 0 Å². The molecule has 0 fully saturated rings. The van der Waals surface area contributed by atoms with Gasteiger partial charge in [-0.15, -0.1) is 0 Å². The zero-order chi connectivity index (χ0) is 19.1. The molecule has 1 amide bonds. The van der Waals surface area contributed by atoms with Crippen LogP contribution in [0, 0.1) is 13.8 Å². The van der Waals surface area contributed by atoms with Crippen LogP contribution in [0.3, 0.4) is 0 Å². The molecule has 1 N–H and O–H groups in total. The molecule has 0 spiro atoms. The lowest BCUT2D eigenvalue weighted by Crippen LogP contribution is -2.16. The van der Waals surface area contributed by atoms with E-state index in [9.17, 15) is 4.79 Å². The number of benzene rings is 2. The highest BCUT2D eigenvalue weighted by Crippen LogP contribution is 2.27. The molecular weight excluding hydrogens is 326 g/mol. The predicted octanol–water partition coefficient (Wildman–Crippen LogP) is 5.58. The minimum Gasteiger partial charge on any atom is -0.489 e. The van der Waals surface area contributed by atoms with E-state index in [0.29, 0.717) is 13.2 Å². The molecule has 0 saturated heterocycles. The maximum absolute atomic E-state index is 11.8. The zero-order valence-electron chi connectivity index (χ0n) is 16.4. The van der Waals surface area contributed by atoms with E-state index in [2.05, 4.69) is 51.2 Å². The van der Waals surface area contributed by atoms with Gasteiger partial charge in [0.15, 0.2) is 0 Å². The van der Waals surface area contributed by atoms with Gasteiger partial charge in [-0.2, -0.15) is 0 Å². The molecule has 2 aromatic rings. The van der Waals surface area contributed by atoms with Gasteiger partial charge in [0.25, 0.3) is 0 Å². The van der Waals surface area contributed by atoms with E-state index in [1.807, 2.05) is 12.1 Å². The highest BCUT2D eigenvalue weighted by atomic mass is 16.5. The fraction of sp³-hybridized carbons (Fsp3) is 0.409. The minimum absolute atomic E-state index is 0.341. The van der Waals surface area contributed by atoms with Crippen LogP contribution < -0.4 is 10.1 Å². The van der Waals surface area contributed by atoms with Crippen molar-refractivity contribution in [3.63, 3.8) is 0 Å². The fourth-order valence-corrected chi connectivity index (χ4v) is 3.07. The Labute approximate surface area is 156 Å². The molecule has 0 saturated carbocycles. The zero-order valence-corrected chi connectivity index (χ0v) is 16.4. The second kappa shape index (κ2) is 9.27. The van der Waals surface area contributed by atoms with Crippen molar-refractivity contribution in [3.05, 3.63) is 58.1 Å². The number of nitrogens with one attached hydrogen (secondary N) is 1. The van der Waals surface area contributed by atoms with Crippen molar-refractivity contribution in [2.45, 2.75) is 54.1 Å². The Morgan fingerprint density at radius 2 is 1.73 bits per heavy atom. The number of aryl methyl sites for hydroxylation is 4. The molecule has 0 radical (unpaired) electrons. The highest BCUT2D eigenvalue weighted by molar-refractivity contribution is 5.86. The number of hydrogen-bond donors (Lipinski definition) is 1. The first-order valence-corrected chi connectivity index (χ1v) is 9.27. The van der Waals surface area contributed by atoms with Gasteiger partial charge in [-0.3, -0.25) is 5.32 Å². The number of hydrogen-bond acceptors (Lipinski definition) is 3. The van der Waals surface area contributed by atoms with Crippen molar-refractivity contribution >= 4 is 11.8 Å². The summed E-state index contributed by atoms with van der Waals surface area (Å²) in [5.74, 6) is 0.882. The summed E-state index contributed by atoms with van der Waals surface area (Å²) in [6, 6.07) is 10.2. The number of carbonyl (C=O) groups excluding carboxylic acids is 1. The molecule has 0 heterocycles. The van der Waals surface area contributed by atoms with Gasteiger partial charge < -0.3 is 9.47 Å². The van der Waals surface area contributed by atoms with Crippen LogP contribution in [0.25, 0.3) is 0 Å².